The third-order valence-electron chi connectivity index (χ3n) is 6.53. The monoisotopic (exact) mass is 516 g/mol. The topological polar surface area (TPSA) is 117 Å². The Morgan fingerprint density at radius 1 is 1.05 bits per heavy atom. The maximum atomic E-state index is 13.2. The molecule has 9 nitrogen and oxygen atoms in total. The van der Waals surface area contributed by atoms with E-state index < -0.39 is 15.9 Å². The number of nitrogens with zero attached hydrogens (tertiary/aromatic N) is 4. The largest absolute Gasteiger partial charge is 0.351 e. The molecule has 0 spiro atoms. The van der Waals surface area contributed by atoms with Crippen molar-refractivity contribution in [2.45, 2.75) is 37.8 Å². The molecular weight excluding hydrogens is 488 g/mol. The molecule has 1 atom stereocenters. The lowest BCUT2D eigenvalue weighted by Crippen LogP contribution is -2.41. The standard InChI is InChI=1S/C27H28N6O3S/c1-18-15-27(2,3)33(17-18)25-21(8-6-13-29-25)26(34)32-37(35,36)24-11-5-10-23(31-24)30-22-9-4-7-19-16-28-14-12-20(19)22/h4-14,16,18H,15,17H2,1-3H3,(H,30,31)(H,32,34). The van der Waals surface area contributed by atoms with E-state index in [1.54, 1.807) is 42.9 Å². The van der Waals surface area contributed by atoms with E-state index in [0.717, 1.165) is 29.4 Å². The van der Waals surface area contributed by atoms with Gasteiger partial charge in [-0.2, -0.15) is 8.42 Å². The van der Waals surface area contributed by atoms with Crippen molar-refractivity contribution in [3.05, 3.63) is 78.8 Å². The van der Waals surface area contributed by atoms with Gasteiger partial charge in [0.05, 0.1) is 5.56 Å². The van der Waals surface area contributed by atoms with Crippen molar-refractivity contribution in [3.63, 3.8) is 0 Å². The number of nitrogens with one attached hydrogen (secondary N) is 2. The number of carbonyl (C=O) groups excluding carboxylic acids is 1. The lowest BCUT2D eigenvalue weighted by molar-refractivity contribution is 0.0981. The first kappa shape index (κ1) is 24.6. The fourth-order valence-corrected chi connectivity index (χ4v) is 5.92. The Labute approximate surface area is 216 Å². The summed E-state index contributed by atoms with van der Waals surface area (Å²) in [5.74, 6) is 0.474. The second-order valence-electron chi connectivity index (χ2n) is 9.93. The number of carbonyl (C=O) groups is 1. The van der Waals surface area contributed by atoms with Crippen molar-refractivity contribution in [1.29, 1.82) is 0 Å². The summed E-state index contributed by atoms with van der Waals surface area (Å²) in [7, 11) is -4.25. The number of hydrogen-bond acceptors (Lipinski definition) is 8. The smallest absolute Gasteiger partial charge is 0.281 e. The van der Waals surface area contributed by atoms with E-state index in [4.69, 9.17) is 0 Å². The van der Waals surface area contributed by atoms with E-state index in [1.165, 1.54) is 6.07 Å². The van der Waals surface area contributed by atoms with Gasteiger partial charge in [-0.3, -0.25) is 9.78 Å². The molecule has 4 heterocycles. The van der Waals surface area contributed by atoms with Gasteiger partial charge in [0.1, 0.15) is 11.6 Å². The normalized spacial score (nSPS) is 17.1. The highest BCUT2D eigenvalue weighted by Crippen LogP contribution is 2.37. The third kappa shape index (κ3) is 4.97. The Morgan fingerprint density at radius 2 is 1.86 bits per heavy atom. The molecule has 0 bridgehead atoms. The molecule has 37 heavy (non-hydrogen) atoms. The summed E-state index contributed by atoms with van der Waals surface area (Å²) in [5.41, 5.74) is 0.751. The highest BCUT2D eigenvalue weighted by atomic mass is 32.2. The lowest BCUT2D eigenvalue weighted by Gasteiger charge is -2.33. The molecule has 0 radical (unpaired) electrons. The van der Waals surface area contributed by atoms with Crippen molar-refractivity contribution in [1.82, 2.24) is 19.7 Å². The number of amides is 1. The van der Waals surface area contributed by atoms with E-state index in [-0.39, 0.29) is 16.1 Å². The molecular formula is C27H28N6O3S. The van der Waals surface area contributed by atoms with Crippen LogP contribution in [0, 0.1) is 5.92 Å². The molecule has 1 amide bonds. The average molecular weight is 517 g/mol. The first-order chi connectivity index (χ1) is 17.6. The number of benzene rings is 1. The Kier molecular flexibility index (Phi) is 6.28. The maximum absolute atomic E-state index is 13.2. The van der Waals surface area contributed by atoms with Gasteiger partial charge in [0, 0.05) is 47.1 Å². The molecule has 3 aromatic heterocycles. The van der Waals surface area contributed by atoms with Gasteiger partial charge in [-0.1, -0.05) is 25.1 Å². The third-order valence-corrected chi connectivity index (χ3v) is 7.76. The summed E-state index contributed by atoms with van der Waals surface area (Å²) in [5, 5.41) is 4.76. The molecule has 10 heteroatoms. The van der Waals surface area contributed by atoms with Crippen LogP contribution >= 0.6 is 0 Å². The van der Waals surface area contributed by atoms with Crippen molar-refractivity contribution < 1.29 is 13.2 Å². The summed E-state index contributed by atoms with van der Waals surface area (Å²) < 4.78 is 28.5. The van der Waals surface area contributed by atoms with Crippen LogP contribution in [0.25, 0.3) is 10.8 Å². The van der Waals surface area contributed by atoms with Crippen LogP contribution in [0.15, 0.2) is 78.2 Å². The molecule has 5 rings (SSSR count). The quantitative estimate of drug-likeness (QED) is 0.384. The van der Waals surface area contributed by atoms with Crippen LogP contribution < -0.4 is 14.9 Å². The van der Waals surface area contributed by atoms with Gasteiger partial charge in [-0.25, -0.2) is 14.7 Å². The van der Waals surface area contributed by atoms with E-state index >= 15 is 0 Å². The number of pyridine rings is 3. The predicted octanol–water partition coefficient (Wildman–Crippen LogP) is 4.51. The van der Waals surface area contributed by atoms with E-state index in [0.29, 0.717) is 17.6 Å². The first-order valence-corrected chi connectivity index (χ1v) is 13.5. The van der Waals surface area contributed by atoms with E-state index in [9.17, 15) is 13.2 Å². The zero-order chi connectivity index (χ0) is 26.2. The summed E-state index contributed by atoms with van der Waals surface area (Å²) >= 11 is 0. The molecule has 0 aliphatic carbocycles. The Hall–Kier alpha value is -4.05. The molecule has 1 aliphatic rings. The molecule has 190 valence electrons. The maximum Gasteiger partial charge on any atom is 0.281 e. The number of hydrogen-bond donors (Lipinski definition) is 2. The van der Waals surface area contributed by atoms with Crippen LogP contribution in [-0.2, 0) is 10.0 Å². The van der Waals surface area contributed by atoms with Crippen LogP contribution in [0.4, 0.5) is 17.3 Å². The SMILES string of the molecule is CC1CN(c2ncccc2C(=O)NS(=O)(=O)c2cccc(Nc3cccc4cnccc34)n2)C(C)(C)C1. The number of fused-ring (bicyclic) bond motifs is 1. The summed E-state index contributed by atoms with van der Waals surface area (Å²) in [4.78, 5) is 28.1. The highest BCUT2D eigenvalue weighted by molar-refractivity contribution is 7.90. The van der Waals surface area contributed by atoms with Crippen LogP contribution in [0.2, 0.25) is 0 Å². The van der Waals surface area contributed by atoms with Gasteiger partial charge in [0.2, 0.25) is 0 Å². The van der Waals surface area contributed by atoms with Crippen LogP contribution in [-0.4, -0.2) is 41.4 Å². The summed E-state index contributed by atoms with van der Waals surface area (Å²) in [6.45, 7) is 7.07. The molecule has 2 N–H and O–H groups in total. The Morgan fingerprint density at radius 3 is 2.65 bits per heavy atom. The van der Waals surface area contributed by atoms with E-state index in [1.807, 2.05) is 24.3 Å². The first-order valence-electron chi connectivity index (χ1n) is 12.0. The van der Waals surface area contributed by atoms with Gasteiger partial charge in [0.25, 0.3) is 15.9 Å². The zero-order valence-corrected chi connectivity index (χ0v) is 21.7. The molecule has 1 saturated heterocycles. The van der Waals surface area contributed by atoms with Crippen molar-refractivity contribution in [2.75, 3.05) is 16.8 Å². The number of anilines is 3. The minimum absolute atomic E-state index is 0.201. The van der Waals surface area contributed by atoms with Crippen molar-refractivity contribution in [2.24, 2.45) is 5.92 Å². The molecule has 1 aliphatic heterocycles. The minimum Gasteiger partial charge on any atom is -0.351 e. The summed E-state index contributed by atoms with van der Waals surface area (Å²) in [6.07, 6.45) is 5.99. The molecule has 4 aromatic rings. The molecule has 1 unspecified atom stereocenters. The molecule has 1 aromatic carbocycles. The van der Waals surface area contributed by atoms with Crippen LogP contribution in [0.3, 0.4) is 0 Å². The van der Waals surface area contributed by atoms with Crippen molar-refractivity contribution >= 4 is 44.0 Å². The predicted molar refractivity (Wildman–Crippen MR) is 143 cm³/mol. The summed E-state index contributed by atoms with van der Waals surface area (Å²) in [6, 6.07) is 15.4. The van der Waals surface area contributed by atoms with Crippen LogP contribution in [0.1, 0.15) is 37.6 Å². The molecule has 1 fully saturated rings. The fourth-order valence-electron chi connectivity index (χ4n) is 4.98. The van der Waals surface area contributed by atoms with Gasteiger partial charge >= 0.3 is 0 Å². The lowest BCUT2D eigenvalue weighted by atomic mass is 9.97. The van der Waals surface area contributed by atoms with Crippen molar-refractivity contribution in [3.8, 4) is 0 Å². The van der Waals surface area contributed by atoms with Crippen LogP contribution in [0.5, 0.6) is 0 Å². The second-order valence-corrected chi connectivity index (χ2v) is 11.6. The minimum atomic E-state index is -4.25. The second kappa shape index (κ2) is 9.44. The van der Waals surface area contributed by atoms with Gasteiger partial charge in [-0.15, -0.1) is 0 Å². The zero-order valence-electron chi connectivity index (χ0n) is 20.8. The fraction of sp³-hybridized carbons (Fsp3) is 0.259. The number of sulfonamides is 1. The van der Waals surface area contributed by atoms with Gasteiger partial charge in [-0.05, 0) is 62.6 Å². The number of aromatic nitrogens is 3. The average Bonchev–Trinajstić information content (AvgIpc) is 3.15. The number of rotatable bonds is 6. The van der Waals surface area contributed by atoms with Gasteiger partial charge in [0.15, 0.2) is 5.03 Å². The Balaban J connectivity index is 1.40. The Bertz CT molecular complexity index is 1580. The molecule has 0 saturated carbocycles. The van der Waals surface area contributed by atoms with E-state index in [2.05, 4.69) is 50.7 Å². The highest BCUT2D eigenvalue weighted by Gasteiger charge is 2.39. The van der Waals surface area contributed by atoms with Gasteiger partial charge < -0.3 is 10.2 Å².